The minimum Gasteiger partial charge on any atom is -0.376 e. The zero-order valence-electron chi connectivity index (χ0n) is 14.9. The summed E-state index contributed by atoms with van der Waals surface area (Å²) in [6, 6.07) is 28.1. The van der Waals surface area contributed by atoms with Crippen LogP contribution < -0.4 is 0 Å². The summed E-state index contributed by atoms with van der Waals surface area (Å²) < 4.78 is 0. The first-order valence-corrected chi connectivity index (χ1v) is 9.01. The second-order valence-corrected chi connectivity index (χ2v) is 6.76. The second kappa shape index (κ2) is 6.78. The summed E-state index contributed by atoms with van der Waals surface area (Å²) in [6.45, 7) is 2.14. The quantitative estimate of drug-likeness (QED) is 0.605. The van der Waals surface area contributed by atoms with Crippen LogP contribution in [0.1, 0.15) is 35.6 Å². The van der Waals surface area contributed by atoms with Crippen molar-refractivity contribution in [1.82, 2.24) is 0 Å². The molecule has 0 saturated heterocycles. The summed E-state index contributed by atoms with van der Waals surface area (Å²) in [5.74, 6) is 0. The molecule has 1 aliphatic carbocycles. The van der Waals surface area contributed by atoms with Crippen LogP contribution in [-0.4, -0.2) is 5.11 Å². The molecule has 3 aromatic carbocycles. The van der Waals surface area contributed by atoms with E-state index in [1.165, 1.54) is 11.1 Å². The molecule has 26 heavy (non-hydrogen) atoms. The molecule has 1 aliphatic rings. The van der Waals surface area contributed by atoms with E-state index in [1.54, 1.807) is 0 Å². The normalized spacial score (nSPS) is 14.1. The predicted molar refractivity (Wildman–Crippen MR) is 108 cm³/mol. The minimum absolute atomic E-state index is 0.878. The van der Waals surface area contributed by atoms with E-state index in [2.05, 4.69) is 25.1 Å². The van der Waals surface area contributed by atoms with E-state index in [9.17, 15) is 5.11 Å². The molecular weight excluding hydrogens is 316 g/mol. The molecule has 0 heterocycles. The summed E-state index contributed by atoms with van der Waals surface area (Å²) in [7, 11) is 0. The van der Waals surface area contributed by atoms with Crippen molar-refractivity contribution in [2.45, 2.75) is 18.9 Å². The molecule has 0 unspecified atom stereocenters. The highest BCUT2D eigenvalue weighted by Crippen LogP contribution is 2.42. The van der Waals surface area contributed by atoms with Gasteiger partial charge in [0.15, 0.2) is 0 Å². The fourth-order valence-electron chi connectivity index (χ4n) is 3.84. The van der Waals surface area contributed by atoms with Crippen molar-refractivity contribution >= 4 is 5.57 Å². The summed E-state index contributed by atoms with van der Waals surface area (Å²) in [5, 5.41) is 12.1. The van der Waals surface area contributed by atoms with Gasteiger partial charge in [-0.15, -0.1) is 0 Å². The van der Waals surface area contributed by atoms with Crippen LogP contribution in [0.4, 0.5) is 0 Å². The third-order valence-corrected chi connectivity index (χ3v) is 5.19. The van der Waals surface area contributed by atoms with Crippen LogP contribution in [0.15, 0.2) is 103 Å². The SMILES string of the molecule is CC1=C(c2ccccc2C(O)(c2ccccc2)c2ccccc2)CC=C1. The van der Waals surface area contributed by atoms with E-state index in [1.807, 2.05) is 78.9 Å². The van der Waals surface area contributed by atoms with Crippen LogP contribution >= 0.6 is 0 Å². The van der Waals surface area contributed by atoms with E-state index in [-0.39, 0.29) is 0 Å². The van der Waals surface area contributed by atoms with Gasteiger partial charge < -0.3 is 5.11 Å². The number of hydrogen-bond donors (Lipinski definition) is 1. The maximum absolute atomic E-state index is 12.1. The highest BCUT2D eigenvalue weighted by Gasteiger charge is 2.36. The predicted octanol–water partition coefficient (Wildman–Crippen LogP) is 5.70. The molecule has 1 heteroatoms. The van der Waals surface area contributed by atoms with E-state index in [4.69, 9.17) is 0 Å². The largest absolute Gasteiger partial charge is 0.376 e. The average Bonchev–Trinajstić information content (AvgIpc) is 3.14. The number of benzene rings is 3. The molecule has 1 nitrogen and oxygen atoms in total. The van der Waals surface area contributed by atoms with Gasteiger partial charge in [-0.1, -0.05) is 97.1 Å². The van der Waals surface area contributed by atoms with Gasteiger partial charge in [-0.05, 0) is 41.2 Å². The average molecular weight is 338 g/mol. The zero-order valence-corrected chi connectivity index (χ0v) is 14.9. The van der Waals surface area contributed by atoms with Crippen molar-refractivity contribution in [1.29, 1.82) is 0 Å². The highest BCUT2D eigenvalue weighted by molar-refractivity contribution is 5.77. The lowest BCUT2D eigenvalue weighted by atomic mass is 9.77. The Morgan fingerprint density at radius 3 is 1.81 bits per heavy atom. The van der Waals surface area contributed by atoms with Crippen molar-refractivity contribution in [2.75, 3.05) is 0 Å². The fraction of sp³-hybridized carbons (Fsp3) is 0.120. The van der Waals surface area contributed by atoms with Crippen molar-refractivity contribution < 1.29 is 5.11 Å². The third-order valence-electron chi connectivity index (χ3n) is 5.19. The molecule has 3 aromatic rings. The molecule has 0 atom stereocenters. The van der Waals surface area contributed by atoms with E-state index >= 15 is 0 Å². The molecule has 1 N–H and O–H groups in total. The topological polar surface area (TPSA) is 20.2 Å². The van der Waals surface area contributed by atoms with Gasteiger partial charge in [0, 0.05) is 5.56 Å². The molecule has 0 amide bonds. The lowest BCUT2D eigenvalue weighted by Gasteiger charge is -2.32. The van der Waals surface area contributed by atoms with E-state index in [0.29, 0.717) is 0 Å². The number of allylic oxidation sites excluding steroid dienone is 4. The second-order valence-electron chi connectivity index (χ2n) is 6.76. The van der Waals surface area contributed by atoms with Gasteiger partial charge in [0.25, 0.3) is 0 Å². The molecule has 128 valence electrons. The molecule has 4 rings (SSSR count). The van der Waals surface area contributed by atoms with Crippen LogP contribution in [0.25, 0.3) is 5.57 Å². The first-order valence-electron chi connectivity index (χ1n) is 9.01. The smallest absolute Gasteiger partial charge is 0.141 e. The van der Waals surface area contributed by atoms with Crippen LogP contribution in [0.3, 0.4) is 0 Å². The number of hydrogen-bond acceptors (Lipinski definition) is 1. The summed E-state index contributed by atoms with van der Waals surface area (Å²) >= 11 is 0. The lowest BCUT2D eigenvalue weighted by Crippen LogP contribution is -2.30. The first kappa shape index (κ1) is 16.6. The summed E-state index contributed by atoms with van der Waals surface area (Å²) in [6.07, 6.45) is 5.25. The molecule has 0 aliphatic heterocycles. The Kier molecular flexibility index (Phi) is 4.32. The van der Waals surface area contributed by atoms with Crippen LogP contribution in [0, 0.1) is 0 Å². The fourth-order valence-corrected chi connectivity index (χ4v) is 3.84. The van der Waals surface area contributed by atoms with E-state index in [0.717, 1.165) is 28.7 Å². The molecule has 0 aromatic heterocycles. The first-order chi connectivity index (χ1) is 12.7. The maximum atomic E-state index is 12.1. The monoisotopic (exact) mass is 338 g/mol. The Balaban J connectivity index is 2.00. The van der Waals surface area contributed by atoms with Crippen LogP contribution in [-0.2, 0) is 5.60 Å². The van der Waals surface area contributed by atoms with E-state index < -0.39 is 5.60 Å². The molecule has 0 bridgehead atoms. The number of rotatable bonds is 4. The molecular formula is C25H22O. The molecule has 0 saturated carbocycles. The standard InChI is InChI=1S/C25H22O/c1-19-11-10-17-22(19)23-16-8-9-18-24(23)25(26,20-12-4-2-5-13-20)21-14-6-3-7-15-21/h2-16,18,26H,17H2,1H3. The Morgan fingerprint density at radius 2 is 1.27 bits per heavy atom. The van der Waals surface area contributed by atoms with Gasteiger partial charge in [0.2, 0.25) is 0 Å². The molecule has 0 spiro atoms. The van der Waals surface area contributed by atoms with Gasteiger partial charge >= 0.3 is 0 Å². The van der Waals surface area contributed by atoms with Gasteiger partial charge in [0.1, 0.15) is 5.60 Å². The zero-order chi connectivity index (χ0) is 18.0. The van der Waals surface area contributed by atoms with Crippen LogP contribution in [0.5, 0.6) is 0 Å². The third kappa shape index (κ3) is 2.71. The Labute approximate surface area is 155 Å². The summed E-state index contributed by atoms with van der Waals surface area (Å²) in [4.78, 5) is 0. The molecule has 0 radical (unpaired) electrons. The van der Waals surface area contributed by atoms with Crippen molar-refractivity contribution in [3.63, 3.8) is 0 Å². The van der Waals surface area contributed by atoms with Gasteiger partial charge in [-0.3, -0.25) is 0 Å². The van der Waals surface area contributed by atoms with Gasteiger partial charge in [-0.25, -0.2) is 0 Å². The van der Waals surface area contributed by atoms with Crippen molar-refractivity contribution in [3.05, 3.63) is 125 Å². The van der Waals surface area contributed by atoms with Crippen LogP contribution in [0.2, 0.25) is 0 Å². The van der Waals surface area contributed by atoms with Gasteiger partial charge in [-0.2, -0.15) is 0 Å². The van der Waals surface area contributed by atoms with Crippen molar-refractivity contribution in [2.24, 2.45) is 0 Å². The number of aliphatic hydroxyl groups is 1. The van der Waals surface area contributed by atoms with Crippen molar-refractivity contribution in [3.8, 4) is 0 Å². The Hall–Kier alpha value is -2.90. The molecule has 0 fully saturated rings. The Bertz CT molecular complexity index is 926. The maximum Gasteiger partial charge on any atom is 0.141 e. The Morgan fingerprint density at radius 1 is 0.731 bits per heavy atom. The lowest BCUT2D eigenvalue weighted by molar-refractivity contribution is 0.125. The van der Waals surface area contributed by atoms with Gasteiger partial charge in [0.05, 0.1) is 0 Å². The summed E-state index contributed by atoms with van der Waals surface area (Å²) in [5.41, 5.74) is 5.15. The highest BCUT2D eigenvalue weighted by atomic mass is 16.3. The minimum atomic E-state index is -1.20.